The van der Waals surface area contributed by atoms with Crippen molar-refractivity contribution in [2.45, 2.75) is 6.04 Å². The fourth-order valence-corrected chi connectivity index (χ4v) is 2.01. The quantitative estimate of drug-likeness (QED) is 0.781. The number of carboxylic acid groups (broad SMARTS) is 1. The molecule has 7 heteroatoms. The number of benzene rings is 1. The second-order valence-corrected chi connectivity index (χ2v) is 4.47. The molecule has 0 fully saturated rings. The van der Waals surface area contributed by atoms with Gasteiger partial charge in [-0.15, -0.1) is 0 Å². The number of hydrogen-bond donors (Lipinski definition) is 3. The number of nitrogens with one attached hydrogen (secondary N) is 2. The Kier molecular flexibility index (Phi) is 3.45. The van der Waals surface area contributed by atoms with Crippen LogP contribution in [0.5, 0.6) is 0 Å². The van der Waals surface area contributed by atoms with Crippen LogP contribution in [0.2, 0.25) is 10.0 Å². The highest BCUT2D eigenvalue weighted by Gasteiger charge is 2.24. The minimum Gasteiger partial charge on any atom is -0.477 e. The Morgan fingerprint density at radius 1 is 1.33 bits per heavy atom. The lowest BCUT2D eigenvalue weighted by Crippen LogP contribution is -2.43. The van der Waals surface area contributed by atoms with Crippen molar-refractivity contribution in [1.82, 2.24) is 10.6 Å². The summed E-state index contributed by atoms with van der Waals surface area (Å²) in [6, 6.07) is 3.54. The van der Waals surface area contributed by atoms with E-state index in [-0.39, 0.29) is 5.70 Å². The van der Waals surface area contributed by atoms with Gasteiger partial charge in [0.25, 0.3) is 0 Å². The molecule has 1 aliphatic rings. The van der Waals surface area contributed by atoms with E-state index in [1.807, 2.05) is 0 Å². The van der Waals surface area contributed by atoms with Gasteiger partial charge in [0.05, 0.1) is 6.04 Å². The smallest absolute Gasteiger partial charge is 0.352 e. The topological polar surface area (TPSA) is 78.4 Å². The molecule has 0 saturated carbocycles. The van der Waals surface area contributed by atoms with Crippen LogP contribution in [0, 0.1) is 0 Å². The van der Waals surface area contributed by atoms with Crippen molar-refractivity contribution in [3.05, 3.63) is 45.6 Å². The fraction of sp³-hybridized carbons (Fsp3) is 0.0909. The molecule has 3 N–H and O–H groups in total. The lowest BCUT2D eigenvalue weighted by Gasteiger charge is -2.23. The predicted molar refractivity (Wildman–Crippen MR) is 66.6 cm³/mol. The Morgan fingerprint density at radius 3 is 2.72 bits per heavy atom. The monoisotopic (exact) mass is 286 g/mol. The number of urea groups is 1. The Labute approximate surface area is 112 Å². The Balaban J connectivity index is 2.43. The molecule has 5 nitrogen and oxygen atoms in total. The lowest BCUT2D eigenvalue weighted by atomic mass is 10.0. The molecule has 2 rings (SSSR count). The summed E-state index contributed by atoms with van der Waals surface area (Å²) < 4.78 is 0. The van der Waals surface area contributed by atoms with Gasteiger partial charge in [-0.05, 0) is 29.8 Å². The molecule has 1 unspecified atom stereocenters. The summed E-state index contributed by atoms with van der Waals surface area (Å²) in [5.74, 6) is -1.21. The first-order valence-corrected chi connectivity index (χ1v) is 5.70. The highest BCUT2D eigenvalue weighted by Crippen LogP contribution is 2.28. The van der Waals surface area contributed by atoms with Gasteiger partial charge in [0.2, 0.25) is 0 Å². The van der Waals surface area contributed by atoms with Gasteiger partial charge in [-0.1, -0.05) is 23.2 Å². The van der Waals surface area contributed by atoms with Crippen LogP contribution in [0.15, 0.2) is 30.0 Å². The molecule has 0 radical (unpaired) electrons. The zero-order valence-corrected chi connectivity index (χ0v) is 10.4. The van der Waals surface area contributed by atoms with Crippen LogP contribution in [0.25, 0.3) is 0 Å². The zero-order valence-electron chi connectivity index (χ0n) is 8.91. The van der Waals surface area contributed by atoms with E-state index in [0.717, 1.165) is 0 Å². The van der Waals surface area contributed by atoms with Crippen LogP contribution < -0.4 is 10.6 Å². The summed E-state index contributed by atoms with van der Waals surface area (Å²) >= 11 is 11.8. The number of carbonyl (C=O) groups excluding carboxylic acids is 1. The molecule has 1 atom stereocenters. The largest absolute Gasteiger partial charge is 0.477 e. The van der Waals surface area contributed by atoms with Gasteiger partial charge in [0.15, 0.2) is 0 Å². The number of hydrogen-bond acceptors (Lipinski definition) is 2. The van der Waals surface area contributed by atoms with Crippen molar-refractivity contribution in [1.29, 1.82) is 0 Å². The van der Waals surface area contributed by atoms with Crippen molar-refractivity contribution < 1.29 is 14.7 Å². The summed E-state index contributed by atoms with van der Waals surface area (Å²) in [6.07, 6.45) is 1.36. The fourth-order valence-electron chi connectivity index (χ4n) is 1.59. The van der Waals surface area contributed by atoms with Crippen molar-refractivity contribution in [3.63, 3.8) is 0 Å². The number of carboxylic acids is 1. The summed E-state index contributed by atoms with van der Waals surface area (Å²) in [5.41, 5.74) is 0.345. The van der Waals surface area contributed by atoms with E-state index in [4.69, 9.17) is 28.3 Å². The maximum Gasteiger partial charge on any atom is 0.352 e. The molecule has 0 aromatic heterocycles. The van der Waals surface area contributed by atoms with Crippen LogP contribution in [0.1, 0.15) is 11.6 Å². The number of rotatable bonds is 2. The number of amides is 2. The summed E-state index contributed by atoms with van der Waals surface area (Å²) in [4.78, 5) is 22.2. The number of aliphatic carboxylic acids is 1. The second-order valence-electron chi connectivity index (χ2n) is 3.63. The number of halogens is 2. The van der Waals surface area contributed by atoms with Crippen molar-refractivity contribution >= 4 is 35.2 Å². The van der Waals surface area contributed by atoms with E-state index < -0.39 is 18.0 Å². The Hall–Kier alpha value is -1.72. The van der Waals surface area contributed by atoms with E-state index in [9.17, 15) is 9.59 Å². The van der Waals surface area contributed by atoms with Crippen molar-refractivity contribution in [2.24, 2.45) is 0 Å². The molecule has 1 heterocycles. The highest BCUT2D eigenvalue weighted by atomic mass is 35.5. The standard InChI is InChI=1S/C11H8Cl2N2O3/c12-5-1-2-7(13)6(3-5)8-4-9(10(16)17)15-11(18)14-8/h1-4,8H,(H,16,17)(H2,14,15,18). The van der Waals surface area contributed by atoms with Gasteiger partial charge < -0.3 is 15.7 Å². The zero-order chi connectivity index (χ0) is 13.3. The summed E-state index contributed by atoms with van der Waals surface area (Å²) in [7, 11) is 0. The SMILES string of the molecule is O=C1NC(C(=O)O)=CC(c2cc(Cl)ccc2Cl)N1. The van der Waals surface area contributed by atoms with Gasteiger partial charge >= 0.3 is 12.0 Å². The van der Waals surface area contributed by atoms with Crippen LogP contribution in [-0.4, -0.2) is 17.1 Å². The third-order valence-electron chi connectivity index (χ3n) is 2.39. The third kappa shape index (κ3) is 2.57. The molecule has 18 heavy (non-hydrogen) atoms. The maximum atomic E-state index is 11.4. The van der Waals surface area contributed by atoms with Gasteiger partial charge in [0, 0.05) is 10.0 Å². The molecular formula is C11H8Cl2N2O3. The van der Waals surface area contributed by atoms with Crippen molar-refractivity contribution in [3.8, 4) is 0 Å². The molecule has 0 saturated heterocycles. The molecule has 0 spiro atoms. The first-order valence-electron chi connectivity index (χ1n) is 4.95. The first kappa shape index (κ1) is 12.7. The molecule has 1 aromatic rings. The van der Waals surface area contributed by atoms with Crippen LogP contribution in [-0.2, 0) is 4.79 Å². The average molecular weight is 287 g/mol. The van der Waals surface area contributed by atoms with E-state index in [2.05, 4.69) is 10.6 Å². The van der Waals surface area contributed by atoms with Crippen LogP contribution in [0.4, 0.5) is 4.79 Å². The van der Waals surface area contributed by atoms with E-state index in [1.165, 1.54) is 6.08 Å². The molecule has 0 bridgehead atoms. The maximum absolute atomic E-state index is 11.4. The summed E-state index contributed by atoms with van der Waals surface area (Å²) in [5, 5.41) is 14.5. The second kappa shape index (κ2) is 4.88. The predicted octanol–water partition coefficient (Wildman–Crippen LogP) is 2.32. The molecule has 2 amide bonds. The van der Waals surface area contributed by atoms with Gasteiger partial charge in [-0.25, -0.2) is 9.59 Å². The molecule has 1 aromatic carbocycles. The van der Waals surface area contributed by atoms with E-state index in [0.29, 0.717) is 15.6 Å². The Morgan fingerprint density at radius 2 is 2.06 bits per heavy atom. The van der Waals surface area contributed by atoms with Crippen LogP contribution in [0.3, 0.4) is 0 Å². The third-order valence-corrected chi connectivity index (χ3v) is 2.97. The Bertz CT molecular complexity index is 557. The molecular weight excluding hydrogens is 279 g/mol. The van der Waals surface area contributed by atoms with Crippen LogP contribution >= 0.6 is 23.2 Å². The van der Waals surface area contributed by atoms with E-state index >= 15 is 0 Å². The minimum absolute atomic E-state index is 0.195. The van der Waals surface area contributed by atoms with Gasteiger partial charge in [0.1, 0.15) is 5.70 Å². The normalized spacial score (nSPS) is 18.7. The molecule has 1 aliphatic heterocycles. The first-order chi connectivity index (χ1) is 8.47. The molecule has 94 valence electrons. The average Bonchev–Trinajstić information content (AvgIpc) is 2.31. The van der Waals surface area contributed by atoms with Gasteiger partial charge in [-0.3, -0.25) is 0 Å². The molecule has 0 aliphatic carbocycles. The van der Waals surface area contributed by atoms with Crippen molar-refractivity contribution in [2.75, 3.05) is 0 Å². The highest BCUT2D eigenvalue weighted by molar-refractivity contribution is 6.33. The summed E-state index contributed by atoms with van der Waals surface area (Å²) in [6.45, 7) is 0. The van der Waals surface area contributed by atoms with E-state index in [1.54, 1.807) is 18.2 Å². The number of carbonyl (C=O) groups is 2. The minimum atomic E-state index is -1.21. The lowest BCUT2D eigenvalue weighted by molar-refractivity contribution is -0.133. The van der Waals surface area contributed by atoms with Gasteiger partial charge in [-0.2, -0.15) is 0 Å².